The van der Waals surface area contributed by atoms with E-state index in [4.69, 9.17) is 4.74 Å². The number of rotatable bonds is 4. The van der Waals surface area contributed by atoms with Crippen LogP contribution in [-0.2, 0) is 10.3 Å². The molecular formula is C10H17NO2S. The highest BCUT2D eigenvalue weighted by Crippen LogP contribution is 2.29. The van der Waals surface area contributed by atoms with Crippen molar-refractivity contribution in [2.75, 3.05) is 6.61 Å². The van der Waals surface area contributed by atoms with Crippen molar-refractivity contribution in [3.8, 4) is 0 Å². The highest BCUT2D eigenvalue weighted by molar-refractivity contribution is 7.09. The predicted molar refractivity (Wildman–Crippen MR) is 57.4 cm³/mol. The van der Waals surface area contributed by atoms with Gasteiger partial charge in [0, 0.05) is 12.0 Å². The minimum absolute atomic E-state index is 0.355. The van der Waals surface area contributed by atoms with E-state index in [2.05, 4.69) is 4.98 Å². The molecule has 0 saturated carbocycles. The van der Waals surface area contributed by atoms with Crippen LogP contribution in [0.3, 0.4) is 0 Å². The van der Waals surface area contributed by atoms with Gasteiger partial charge < -0.3 is 9.84 Å². The van der Waals surface area contributed by atoms with Gasteiger partial charge >= 0.3 is 0 Å². The molecule has 0 aliphatic carbocycles. The van der Waals surface area contributed by atoms with Gasteiger partial charge in [0.25, 0.3) is 0 Å². The lowest BCUT2D eigenvalue weighted by Crippen LogP contribution is -2.21. The molecule has 0 aromatic carbocycles. The number of aliphatic hydroxyl groups is 1. The molecule has 0 fully saturated rings. The lowest BCUT2D eigenvalue weighted by Gasteiger charge is -2.21. The van der Waals surface area contributed by atoms with Crippen molar-refractivity contribution in [3.05, 3.63) is 16.1 Å². The minimum atomic E-state index is -0.502. The molecule has 0 aliphatic heterocycles. The number of hydrogen-bond donors (Lipinski definition) is 1. The predicted octanol–water partition coefficient (Wildman–Crippen LogP) is 2.47. The first-order valence-corrected chi connectivity index (χ1v) is 5.63. The Balaban J connectivity index is 2.85. The maximum Gasteiger partial charge on any atom is 0.124 e. The molecule has 0 amide bonds. The topological polar surface area (TPSA) is 42.4 Å². The number of nitrogens with zero attached hydrogens (tertiary/aromatic N) is 1. The molecule has 0 aliphatic rings. The van der Waals surface area contributed by atoms with Crippen LogP contribution in [0.1, 0.15) is 44.5 Å². The Bertz CT molecular complexity index is 294. The van der Waals surface area contributed by atoms with Crippen LogP contribution in [0.5, 0.6) is 0 Å². The molecule has 1 unspecified atom stereocenters. The summed E-state index contributed by atoms with van der Waals surface area (Å²) in [6.45, 7) is 8.32. The Kier molecular flexibility index (Phi) is 3.64. The van der Waals surface area contributed by atoms with E-state index in [-0.39, 0.29) is 5.60 Å². The Morgan fingerprint density at radius 2 is 2.29 bits per heavy atom. The van der Waals surface area contributed by atoms with Crippen LogP contribution >= 0.6 is 11.3 Å². The molecule has 1 heterocycles. The average molecular weight is 215 g/mol. The third kappa shape index (κ3) is 2.53. The molecule has 1 rings (SSSR count). The van der Waals surface area contributed by atoms with Crippen molar-refractivity contribution in [2.24, 2.45) is 0 Å². The zero-order valence-corrected chi connectivity index (χ0v) is 9.89. The average Bonchev–Trinajstić information content (AvgIpc) is 2.51. The van der Waals surface area contributed by atoms with Crippen LogP contribution in [-0.4, -0.2) is 16.7 Å². The summed E-state index contributed by atoms with van der Waals surface area (Å²) >= 11 is 1.53. The monoisotopic (exact) mass is 215 g/mol. The second kappa shape index (κ2) is 4.38. The molecular weight excluding hydrogens is 198 g/mol. The number of ether oxygens (including phenoxy) is 1. The van der Waals surface area contributed by atoms with Crippen LogP contribution in [0.2, 0.25) is 0 Å². The third-order valence-electron chi connectivity index (χ3n) is 1.97. The van der Waals surface area contributed by atoms with Gasteiger partial charge in [-0.15, -0.1) is 11.3 Å². The molecule has 0 radical (unpaired) electrons. The van der Waals surface area contributed by atoms with Crippen molar-refractivity contribution in [1.29, 1.82) is 0 Å². The molecule has 14 heavy (non-hydrogen) atoms. The summed E-state index contributed by atoms with van der Waals surface area (Å²) in [4.78, 5) is 4.34. The molecule has 0 saturated heterocycles. The first-order valence-electron chi connectivity index (χ1n) is 4.75. The van der Waals surface area contributed by atoms with E-state index >= 15 is 0 Å². The van der Waals surface area contributed by atoms with Crippen molar-refractivity contribution in [1.82, 2.24) is 4.98 Å². The van der Waals surface area contributed by atoms with Crippen LogP contribution in [0.15, 0.2) is 5.38 Å². The summed E-state index contributed by atoms with van der Waals surface area (Å²) < 4.78 is 5.57. The SMILES string of the molecule is CCOC(C)(C)c1nc(C(C)O)cs1. The van der Waals surface area contributed by atoms with E-state index in [9.17, 15) is 5.11 Å². The normalized spacial score (nSPS) is 14.4. The highest BCUT2D eigenvalue weighted by Gasteiger charge is 2.25. The number of aromatic nitrogens is 1. The smallest absolute Gasteiger partial charge is 0.124 e. The van der Waals surface area contributed by atoms with E-state index in [0.29, 0.717) is 6.61 Å². The summed E-state index contributed by atoms with van der Waals surface area (Å²) in [7, 11) is 0. The first kappa shape index (κ1) is 11.6. The maximum atomic E-state index is 9.34. The molecule has 1 aromatic heterocycles. The Labute approximate surface area is 88.8 Å². The van der Waals surface area contributed by atoms with Gasteiger partial charge in [0.2, 0.25) is 0 Å². The highest BCUT2D eigenvalue weighted by atomic mass is 32.1. The van der Waals surface area contributed by atoms with E-state index in [1.165, 1.54) is 11.3 Å². The van der Waals surface area contributed by atoms with Crippen molar-refractivity contribution >= 4 is 11.3 Å². The van der Waals surface area contributed by atoms with Crippen LogP contribution in [0.4, 0.5) is 0 Å². The number of thiazole rings is 1. The van der Waals surface area contributed by atoms with Gasteiger partial charge in [0.15, 0.2) is 0 Å². The second-order valence-electron chi connectivity index (χ2n) is 3.70. The fraction of sp³-hybridized carbons (Fsp3) is 0.700. The lowest BCUT2D eigenvalue weighted by molar-refractivity contribution is -0.0144. The summed E-state index contributed by atoms with van der Waals surface area (Å²) in [5, 5.41) is 12.1. The van der Waals surface area contributed by atoms with Gasteiger partial charge in [-0.3, -0.25) is 0 Å². The largest absolute Gasteiger partial charge is 0.387 e. The summed E-state index contributed by atoms with van der Waals surface area (Å²) in [5.41, 5.74) is 0.366. The van der Waals surface area contributed by atoms with Crippen LogP contribution in [0, 0.1) is 0 Å². The Morgan fingerprint density at radius 3 is 2.71 bits per heavy atom. The second-order valence-corrected chi connectivity index (χ2v) is 4.55. The summed E-state index contributed by atoms with van der Waals surface area (Å²) in [6, 6.07) is 0. The van der Waals surface area contributed by atoms with Gasteiger partial charge in [-0.25, -0.2) is 4.98 Å². The van der Waals surface area contributed by atoms with Crippen LogP contribution in [0.25, 0.3) is 0 Å². The molecule has 1 atom stereocenters. The van der Waals surface area contributed by atoms with E-state index in [1.807, 2.05) is 26.2 Å². The van der Waals surface area contributed by atoms with E-state index < -0.39 is 6.10 Å². The van der Waals surface area contributed by atoms with Crippen molar-refractivity contribution in [2.45, 2.75) is 39.4 Å². The Hall–Kier alpha value is -0.450. The fourth-order valence-corrected chi connectivity index (χ4v) is 2.16. The standard InChI is InChI=1S/C10H17NO2S/c1-5-13-10(3,4)9-11-8(6-14-9)7(2)12/h6-7,12H,5H2,1-4H3. The van der Waals surface area contributed by atoms with Crippen molar-refractivity contribution < 1.29 is 9.84 Å². The molecule has 0 spiro atoms. The fourth-order valence-electron chi connectivity index (χ4n) is 1.18. The van der Waals surface area contributed by atoms with E-state index in [0.717, 1.165) is 10.7 Å². The molecule has 80 valence electrons. The first-order chi connectivity index (χ1) is 6.47. The quantitative estimate of drug-likeness (QED) is 0.839. The zero-order chi connectivity index (χ0) is 10.8. The van der Waals surface area contributed by atoms with Gasteiger partial charge in [0.05, 0.1) is 11.8 Å². The van der Waals surface area contributed by atoms with E-state index in [1.54, 1.807) is 6.92 Å². The number of aliphatic hydroxyl groups excluding tert-OH is 1. The zero-order valence-electron chi connectivity index (χ0n) is 9.07. The molecule has 0 bridgehead atoms. The minimum Gasteiger partial charge on any atom is -0.387 e. The van der Waals surface area contributed by atoms with Crippen LogP contribution < -0.4 is 0 Å². The van der Waals surface area contributed by atoms with Gasteiger partial charge in [-0.2, -0.15) is 0 Å². The van der Waals surface area contributed by atoms with Crippen molar-refractivity contribution in [3.63, 3.8) is 0 Å². The van der Waals surface area contributed by atoms with Gasteiger partial charge in [0.1, 0.15) is 10.6 Å². The molecule has 3 nitrogen and oxygen atoms in total. The lowest BCUT2D eigenvalue weighted by atomic mass is 10.1. The number of hydrogen-bond acceptors (Lipinski definition) is 4. The molecule has 4 heteroatoms. The van der Waals surface area contributed by atoms with Gasteiger partial charge in [-0.1, -0.05) is 0 Å². The Morgan fingerprint density at radius 1 is 1.64 bits per heavy atom. The molecule has 1 aromatic rings. The summed E-state index contributed by atoms with van der Waals surface area (Å²) in [5.74, 6) is 0. The van der Waals surface area contributed by atoms with Gasteiger partial charge in [-0.05, 0) is 27.7 Å². The molecule has 1 N–H and O–H groups in total. The third-order valence-corrected chi connectivity index (χ3v) is 3.14. The summed E-state index contributed by atoms with van der Waals surface area (Å²) in [6.07, 6.45) is -0.502. The maximum absolute atomic E-state index is 9.34.